The highest BCUT2D eigenvalue weighted by atomic mass is 16.5. The van der Waals surface area contributed by atoms with Crippen molar-refractivity contribution >= 4 is 17.7 Å². The van der Waals surface area contributed by atoms with Gasteiger partial charge in [0.1, 0.15) is 6.10 Å². The van der Waals surface area contributed by atoms with E-state index in [1.165, 1.54) is 19.6 Å². The molecule has 0 heterocycles. The van der Waals surface area contributed by atoms with Crippen molar-refractivity contribution in [2.24, 2.45) is 39.9 Å². The van der Waals surface area contributed by atoms with Crippen LogP contribution in [-0.2, 0) is 23.9 Å². The maximum atomic E-state index is 13.9. The third-order valence-corrected chi connectivity index (χ3v) is 10.7. The lowest BCUT2D eigenvalue weighted by Gasteiger charge is -2.61. The fourth-order valence-electron chi connectivity index (χ4n) is 8.55. The van der Waals surface area contributed by atoms with Crippen molar-refractivity contribution in [3.05, 3.63) is 11.6 Å². The Morgan fingerprint density at radius 3 is 2.52 bits per heavy atom. The lowest BCUT2D eigenvalue weighted by molar-refractivity contribution is -0.155. The Balaban J connectivity index is 1.60. The van der Waals surface area contributed by atoms with Crippen LogP contribution in [0.15, 0.2) is 11.6 Å². The molecule has 3 fully saturated rings. The zero-order valence-electron chi connectivity index (χ0n) is 21.4. The summed E-state index contributed by atoms with van der Waals surface area (Å²) in [6.45, 7) is 10.6. The predicted octanol–water partition coefficient (Wildman–Crippen LogP) is 5.66. The first kappa shape index (κ1) is 24.5. The molecular formula is C28H42O5. The fourth-order valence-corrected chi connectivity index (χ4v) is 8.55. The summed E-state index contributed by atoms with van der Waals surface area (Å²) < 4.78 is 10.5. The second kappa shape index (κ2) is 8.53. The highest BCUT2D eigenvalue weighted by Crippen LogP contribution is 2.69. The highest BCUT2D eigenvalue weighted by Gasteiger charge is 2.63. The van der Waals surface area contributed by atoms with Crippen LogP contribution in [0.1, 0.15) is 92.4 Å². The van der Waals surface area contributed by atoms with Gasteiger partial charge in [0, 0.05) is 18.8 Å². The number of allylic oxidation sites excluding steroid dienone is 2. The molecule has 0 saturated heterocycles. The van der Waals surface area contributed by atoms with Crippen LogP contribution >= 0.6 is 0 Å². The first-order valence-corrected chi connectivity index (χ1v) is 13.0. The van der Waals surface area contributed by atoms with Crippen molar-refractivity contribution in [3.8, 4) is 0 Å². The van der Waals surface area contributed by atoms with Crippen molar-refractivity contribution in [2.45, 2.75) is 98.5 Å². The molecule has 4 aliphatic carbocycles. The fraction of sp³-hybridized carbons (Fsp3) is 0.821. The Hall–Kier alpha value is -1.65. The number of methoxy groups -OCH3 is 1. The number of rotatable bonds is 5. The molecule has 0 unspecified atom stereocenters. The standard InChI is InChI=1S/C28H42O5/c1-17(7-10-25(31)32-6)21-8-9-22-20-12-13-26(3)16-19(33-18(2)29)11-14-27(26,4)23(20)15-24(30)28(21,22)5/h15,17,19-22H,7-14,16H2,1-6H3/t17-,19-,20+,21-,22+,26-,27-,28-/m1/s1. The molecule has 4 aliphatic rings. The van der Waals surface area contributed by atoms with Gasteiger partial charge in [-0.15, -0.1) is 0 Å². The predicted molar refractivity (Wildman–Crippen MR) is 126 cm³/mol. The van der Waals surface area contributed by atoms with Gasteiger partial charge in [-0.3, -0.25) is 14.4 Å². The summed E-state index contributed by atoms with van der Waals surface area (Å²) in [6.07, 6.45) is 10.4. The van der Waals surface area contributed by atoms with Gasteiger partial charge in [0.05, 0.1) is 7.11 Å². The lowest BCUT2D eigenvalue weighted by Crippen LogP contribution is -2.55. The average molecular weight is 459 g/mol. The van der Waals surface area contributed by atoms with Crippen LogP contribution in [0.5, 0.6) is 0 Å². The topological polar surface area (TPSA) is 69.7 Å². The van der Waals surface area contributed by atoms with Crippen molar-refractivity contribution < 1.29 is 23.9 Å². The Bertz CT molecular complexity index is 860. The molecule has 0 N–H and O–H groups in total. The van der Waals surface area contributed by atoms with E-state index >= 15 is 0 Å². The molecule has 8 atom stereocenters. The molecular weight excluding hydrogens is 416 g/mol. The van der Waals surface area contributed by atoms with Crippen molar-refractivity contribution in [1.82, 2.24) is 0 Å². The molecule has 184 valence electrons. The van der Waals surface area contributed by atoms with Crippen molar-refractivity contribution in [1.29, 1.82) is 0 Å². The van der Waals surface area contributed by atoms with Crippen LogP contribution in [0.3, 0.4) is 0 Å². The summed E-state index contributed by atoms with van der Waals surface area (Å²) in [4.78, 5) is 37.1. The molecule has 0 radical (unpaired) electrons. The number of fused-ring (bicyclic) bond motifs is 5. The molecule has 3 saturated carbocycles. The monoisotopic (exact) mass is 458 g/mol. The van der Waals surface area contributed by atoms with E-state index in [0.717, 1.165) is 51.4 Å². The zero-order chi connectivity index (χ0) is 24.2. The average Bonchev–Trinajstić information content (AvgIpc) is 3.12. The molecule has 0 aromatic carbocycles. The van der Waals surface area contributed by atoms with E-state index in [2.05, 4.69) is 33.8 Å². The maximum Gasteiger partial charge on any atom is 0.305 e. The molecule has 0 aliphatic heterocycles. The molecule has 4 rings (SSSR count). The number of carbonyl (C=O) groups is 3. The summed E-state index contributed by atoms with van der Waals surface area (Å²) in [5.41, 5.74) is 1.09. The Morgan fingerprint density at radius 2 is 1.85 bits per heavy atom. The molecule has 0 amide bonds. The molecule has 0 aromatic heterocycles. The van der Waals surface area contributed by atoms with E-state index in [0.29, 0.717) is 35.9 Å². The van der Waals surface area contributed by atoms with Crippen LogP contribution in [0.2, 0.25) is 0 Å². The van der Waals surface area contributed by atoms with Gasteiger partial charge in [0.25, 0.3) is 0 Å². The van der Waals surface area contributed by atoms with E-state index in [9.17, 15) is 14.4 Å². The molecule has 33 heavy (non-hydrogen) atoms. The minimum Gasteiger partial charge on any atom is -0.469 e. The molecule has 0 bridgehead atoms. The van der Waals surface area contributed by atoms with Crippen LogP contribution in [0, 0.1) is 39.9 Å². The highest BCUT2D eigenvalue weighted by molar-refractivity contribution is 5.97. The van der Waals surface area contributed by atoms with Crippen LogP contribution in [-0.4, -0.2) is 30.9 Å². The van der Waals surface area contributed by atoms with Crippen LogP contribution in [0.4, 0.5) is 0 Å². The minimum absolute atomic E-state index is 0.00574. The molecule has 5 heteroatoms. The zero-order valence-corrected chi connectivity index (χ0v) is 21.4. The number of hydrogen-bond acceptors (Lipinski definition) is 5. The Labute approximate surface area is 199 Å². The SMILES string of the molecule is COC(=O)CC[C@@H](C)[C@H]1CC[C@H]2[C@@H]3CC[C@]4(C)C[C@H](OC(C)=O)CC[C@]4(C)C3=CC(=O)[C@]12C. The van der Waals surface area contributed by atoms with Gasteiger partial charge in [-0.25, -0.2) is 0 Å². The van der Waals surface area contributed by atoms with E-state index in [1.54, 1.807) is 0 Å². The summed E-state index contributed by atoms with van der Waals surface area (Å²) in [6, 6.07) is 0. The second-order valence-electron chi connectivity index (χ2n) is 12.1. The van der Waals surface area contributed by atoms with Gasteiger partial charge in [0.15, 0.2) is 5.78 Å². The van der Waals surface area contributed by atoms with E-state index in [4.69, 9.17) is 9.47 Å². The lowest BCUT2D eigenvalue weighted by atomic mass is 9.43. The van der Waals surface area contributed by atoms with E-state index in [-0.39, 0.29) is 34.3 Å². The number of ketones is 1. The first-order chi connectivity index (χ1) is 15.5. The van der Waals surface area contributed by atoms with Gasteiger partial charge < -0.3 is 9.47 Å². The first-order valence-electron chi connectivity index (χ1n) is 13.0. The quantitative estimate of drug-likeness (QED) is 0.498. The number of ether oxygens (including phenoxy) is 2. The Morgan fingerprint density at radius 1 is 1.12 bits per heavy atom. The number of esters is 2. The third-order valence-electron chi connectivity index (χ3n) is 10.7. The number of hydrogen-bond donors (Lipinski definition) is 0. The largest absolute Gasteiger partial charge is 0.469 e. The normalized spacial score (nSPS) is 43.0. The summed E-state index contributed by atoms with van der Waals surface area (Å²) in [7, 11) is 1.44. The van der Waals surface area contributed by atoms with Crippen LogP contribution < -0.4 is 0 Å². The van der Waals surface area contributed by atoms with E-state index < -0.39 is 0 Å². The Kier molecular flexibility index (Phi) is 6.33. The van der Waals surface area contributed by atoms with Gasteiger partial charge in [-0.2, -0.15) is 0 Å². The summed E-state index contributed by atoms with van der Waals surface area (Å²) in [5, 5.41) is 0. The van der Waals surface area contributed by atoms with Crippen LogP contribution in [0.25, 0.3) is 0 Å². The van der Waals surface area contributed by atoms with Crippen molar-refractivity contribution in [3.63, 3.8) is 0 Å². The van der Waals surface area contributed by atoms with Gasteiger partial charge in [0.2, 0.25) is 0 Å². The number of carbonyl (C=O) groups excluding carboxylic acids is 3. The van der Waals surface area contributed by atoms with Gasteiger partial charge in [-0.05, 0) is 91.9 Å². The van der Waals surface area contributed by atoms with Crippen molar-refractivity contribution in [2.75, 3.05) is 7.11 Å². The molecule has 0 aromatic rings. The minimum atomic E-state index is -0.331. The molecule has 5 nitrogen and oxygen atoms in total. The van der Waals surface area contributed by atoms with Gasteiger partial charge in [-0.1, -0.05) is 33.3 Å². The smallest absolute Gasteiger partial charge is 0.305 e. The second-order valence-corrected chi connectivity index (χ2v) is 12.1. The third kappa shape index (κ3) is 3.78. The maximum absolute atomic E-state index is 13.9. The molecule has 0 spiro atoms. The van der Waals surface area contributed by atoms with Gasteiger partial charge >= 0.3 is 11.9 Å². The summed E-state index contributed by atoms with van der Waals surface area (Å²) in [5.74, 6) is 1.44. The van der Waals surface area contributed by atoms with E-state index in [1.807, 2.05) is 0 Å². The summed E-state index contributed by atoms with van der Waals surface area (Å²) >= 11 is 0.